The third kappa shape index (κ3) is 3.59. The Balaban J connectivity index is 1.42. The Kier molecular flexibility index (Phi) is 5.22. The minimum atomic E-state index is -0.121. The van der Waals surface area contributed by atoms with Gasteiger partial charge in [0.25, 0.3) is 0 Å². The molecule has 5 aromatic carbocycles. The van der Waals surface area contributed by atoms with E-state index in [2.05, 4.69) is 142 Å². The second kappa shape index (κ2) is 9.09. The van der Waals surface area contributed by atoms with Gasteiger partial charge in [-0.05, 0) is 76.0 Å². The van der Waals surface area contributed by atoms with Crippen molar-refractivity contribution in [3.8, 4) is 11.6 Å². The molecule has 9 aromatic rings. The lowest BCUT2D eigenvalue weighted by Gasteiger charge is -2.32. The van der Waals surface area contributed by atoms with Crippen LogP contribution in [0.25, 0.3) is 74.4 Å². The van der Waals surface area contributed by atoms with Crippen molar-refractivity contribution < 1.29 is 8.83 Å². The first-order valence-electron chi connectivity index (χ1n) is 17.0. The van der Waals surface area contributed by atoms with Crippen LogP contribution < -0.4 is 16.6 Å². The lowest BCUT2D eigenvalue weighted by atomic mass is 9.36. The molecule has 0 aliphatic carbocycles. The number of nitrogens with zero attached hydrogens (tertiary/aromatic N) is 2. The summed E-state index contributed by atoms with van der Waals surface area (Å²) in [5.74, 6) is 0.892. The van der Waals surface area contributed by atoms with Crippen molar-refractivity contribution in [3.05, 3.63) is 102 Å². The van der Waals surface area contributed by atoms with E-state index >= 15 is 0 Å². The summed E-state index contributed by atoms with van der Waals surface area (Å²) in [7, 11) is 0. The van der Waals surface area contributed by atoms with Gasteiger partial charge >= 0.3 is 6.71 Å². The average Bonchev–Trinajstić information content (AvgIpc) is 3.65. The molecule has 2 aliphatic heterocycles. The third-order valence-electron chi connectivity index (χ3n) is 10.7. The van der Waals surface area contributed by atoms with Crippen LogP contribution in [0.3, 0.4) is 0 Å². The number of furan rings is 2. The summed E-state index contributed by atoms with van der Waals surface area (Å²) in [6, 6.07) is 33.6. The van der Waals surface area contributed by atoms with Gasteiger partial charge in [0.2, 0.25) is 5.88 Å². The van der Waals surface area contributed by atoms with Gasteiger partial charge in [0.15, 0.2) is 0 Å². The SMILES string of the molecule is CC(C)(C)c1ccc2c(c1)sc1cc3sc4cc(C(C)(C)C)ccc4n4c3c3c1n2-c1oc2ccccc2c1B3c1oc2ccccc2c1-4. The maximum absolute atomic E-state index is 7.04. The smallest absolute Gasteiger partial charge is 0.302 e. The number of aromatic nitrogens is 2. The quantitative estimate of drug-likeness (QED) is 0.119. The van der Waals surface area contributed by atoms with Crippen LogP contribution in [0, 0.1) is 0 Å². The molecule has 2 aliphatic rings. The Morgan fingerprint density at radius 2 is 1.10 bits per heavy atom. The largest absolute Gasteiger partial charge is 0.468 e. The van der Waals surface area contributed by atoms with Crippen molar-refractivity contribution in [2.24, 2.45) is 0 Å². The first-order valence-corrected chi connectivity index (χ1v) is 18.7. The fourth-order valence-electron chi connectivity index (χ4n) is 8.32. The molecule has 7 heteroatoms. The standard InChI is InChI=1S/C42H33BN2O2S2/c1-41(2,3)22-15-17-26-30(19-22)48-32-21-33-38-35-37(32)44(26)36-25-12-8-10-14-29(25)46-39(36)43(35)34-24-11-7-9-13-28(24)47-40(34)45(38)27-18-16-23(42(4,5)6)20-31(27)49-33/h7-21H,1-6H3. The molecule has 0 radical (unpaired) electrons. The molecule has 0 spiro atoms. The summed E-state index contributed by atoms with van der Waals surface area (Å²) < 4.78 is 24.0. The molecular weight excluding hydrogens is 639 g/mol. The van der Waals surface area contributed by atoms with Crippen LogP contribution in [0.15, 0.2) is 99.8 Å². The van der Waals surface area contributed by atoms with Crippen molar-refractivity contribution in [2.45, 2.75) is 52.4 Å². The number of rotatable bonds is 0. The zero-order valence-electron chi connectivity index (χ0n) is 28.3. The second-order valence-corrected chi connectivity index (χ2v) is 18.0. The summed E-state index contributed by atoms with van der Waals surface area (Å²) in [4.78, 5) is 0. The zero-order valence-corrected chi connectivity index (χ0v) is 29.9. The van der Waals surface area contributed by atoms with Crippen LogP contribution in [0.2, 0.25) is 0 Å². The lowest BCUT2D eigenvalue weighted by molar-refractivity contribution is 0.589. The summed E-state index contributed by atoms with van der Waals surface area (Å²) in [5, 5.41) is 2.27. The van der Waals surface area contributed by atoms with Crippen LogP contribution >= 0.6 is 22.7 Å². The first-order chi connectivity index (χ1) is 23.6. The Labute approximate surface area is 291 Å². The molecule has 0 saturated carbocycles. The van der Waals surface area contributed by atoms with Crippen molar-refractivity contribution in [2.75, 3.05) is 0 Å². The van der Waals surface area contributed by atoms with E-state index in [-0.39, 0.29) is 17.5 Å². The van der Waals surface area contributed by atoms with Crippen LogP contribution in [0.1, 0.15) is 52.7 Å². The predicted molar refractivity (Wildman–Crippen MR) is 210 cm³/mol. The van der Waals surface area contributed by atoms with Gasteiger partial charge < -0.3 is 13.4 Å². The van der Waals surface area contributed by atoms with E-state index in [1.807, 2.05) is 22.7 Å². The van der Waals surface area contributed by atoms with E-state index in [0.29, 0.717) is 0 Å². The molecule has 0 unspecified atom stereocenters. The van der Waals surface area contributed by atoms with Crippen LogP contribution in [-0.2, 0) is 10.8 Å². The number of benzene rings is 5. The predicted octanol–water partition coefficient (Wildman–Crippen LogP) is 10.4. The summed E-state index contributed by atoms with van der Waals surface area (Å²) in [6.07, 6.45) is 0. The van der Waals surface area contributed by atoms with E-state index < -0.39 is 0 Å². The molecule has 0 N–H and O–H groups in total. The monoisotopic (exact) mass is 672 g/mol. The normalized spacial score (nSPS) is 13.9. The molecule has 0 bridgehead atoms. The summed E-state index contributed by atoms with van der Waals surface area (Å²) >= 11 is 3.80. The van der Waals surface area contributed by atoms with Gasteiger partial charge in [-0.3, -0.25) is 4.57 Å². The van der Waals surface area contributed by atoms with Gasteiger partial charge in [0.1, 0.15) is 11.2 Å². The fourth-order valence-corrected chi connectivity index (χ4v) is 10.7. The molecule has 4 nitrogen and oxygen atoms in total. The molecule has 4 aromatic heterocycles. The Bertz CT molecular complexity index is 2980. The van der Waals surface area contributed by atoms with E-state index in [0.717, 1.165) is 39.2 Å². The Morgan fingerprint density at radius 3 is 1.73 bits per heavy atom. The first kappa shape index (κ1) is 28.2. The number of hydrogen-bond acceptors (Lipinski definition) is 4. The summed E-state index contributed by atoms with van der Waals surface area (Å²) in [5.41, 5.74) is 14.0. The van der Waals surface area contributed by atoms with Crippen molar-refractivity contribution in [1.82, 2.24) is 9.13 Å². The highest BCUT2D eigenvalue weighted by Crippen LogP contribution is 2.44. The minimum Gasteiger partial charge on any atom is -0.468 e. The zero-order chi connectivity index (χ0) is 33.1. The van der Waals surface area contributed by atoms with Crippen LogP contribution in [0.5, 0.6) is 0 Å². The van der Waals surface area contributed by atoms with Gasteiger partial charge in [0.05, 0.1) is 52.2 Å². The highest BCUT2D eigenvalue weighted by Gasteiger charge is 2.46. The van der Waals surface area contributed by atoms with Crippen molar-refractivity contribution in [3.63, 3.8) is 0 Å². The topological polar surface area (TPSA) is 36.1 Å². The second-order valence-electron chi connectivity index (χ2n) is 15.8. The minimum absolute atomic E-state index is 0.0394. The van der Waals surface area contributed by atoms with Gasteiger partial charge in [0, 0.05) is 16.2 Å². The maximum Gasteiger partial charge on any atom is 0.302 e. The summed E-state index contributed by atoms with van der Waals surface area (Å²) in [6.45, 7) is 13.6. The van der Waals surface area contributed by atoms with Gasteiger partial charge in [-0.25, -0.2) is 0 Å². The van der Waals surface area contributed by atoms with Crippen LogP contribution in [0.4, 0.5) is 0 Å². The van der Waals surface area contributed by atoms with Gasteiger partial charge in [-0.15, -0.1) is 22.7 Å². The van der Waals surface area contributed by atoms with Crippen molar-refractivity contribution in [1.29, 1.82) is 0 Å². The van der Waals surface area contributed by atoms with Gasteiger partial charge in [-0.1, -0.05) is 84.0 Å². The average molecular weight is 673 g/mol. The lowest BCUT2D eigenvalue weighted by Crippen LogP contribution is -2.58. The highest BCUT2D eigenvalue weighted by molar-refractivity contribution is 7.27. The maximum atomic E-state index is 7.04. The molecule has 49 heavy (non-hydrogen) atoms. The fraction of sp³-hybridized carbons (Fsp3) is 0.190. The molecule has 238 valence electrons. The Morgan fingerprint density at radius 1 is 0.551 bits per heavy atom. The third-order valence-corrected chi connectivity index (χ3v) is 12.9. The Hall–Kier alpha value is -4.72. The molecule has 6 heterocycles. The molecule has 11 rings (SSSR count). The van der Waals surface area contributed by atoms with E-state index in [1.54, 1.807) is 0 Å². The van der Waals surface area contributed by atoms with E-state index in [9.17, 15) is 0 Å². The number of para-hydroxylation sites is 2. The molecular formula is C42H33BN2O2S2. The van der Waals surface area contributed by atoms with E-state index in [1.165, 1.54) is 62.9 Å². The molecule has 0 saturated heterocycles. The molecule has 0 atom stereocenters. The molecule has 0 amide bonds. The van der Waals surface area contributed by atoms with Crippen LogP contribution in [-0.4, -0.2) is 15.8 Å². The number of hydrogen-bond donors (Lipinski definition) is 0. The van der Waals surface area contributed by atoms with Gasteiger partial charge in [-0.2, -0.15) is 0 Å². The van der Waals surface area contributed by atoms with Crippen molar-refractivity contribution >= 4 is 109 Å². The highest BCUT2D eigenvalue weighted by atomic mass is 32.1. The van der Waals surface area contributed by atoms with E-state index in [4.69, 9.17) is 8.83 Å². The molecule has 0 fully saturated rings. The number of fused-ring (bicyclic) bond motifs is 14.